The molecule has 0 bridgehead atoms. The number of halogens is 1. The topological polar surface area (TPSA) is 21.3 Å². The molecular formula is C8H10BrNOS. The van der Waals surface area contributed by atoms with Crippen LogP contribution in [0.2, 0.25) is 0 Å². The third-order valence-corrected chi connectivity index (χ3v) is 3.60. The van der Waals surface area contributed by atoms with Gasteiger partial charge in [0.2, 0.25) is 0 Å². The SMILES string of the molecule is Brc1ccc(C2COCCN2)s1. The third kappa shape index (κ3) is 1.88. The number of hydrogen-bond acceptors (Lipinski definition) is 3. The van der Waals surface area contributed by atoms with Crippen LogP contribution in [0.1, 0.15) is 10.9 Å². The molecule has 1 N–H and O–H groups in total. The Hall–Kier alpha value is 0.1000. The fourth-order valence-electron chi connectivity index (χ4n) is 1.26. The first-order valence-corrected chi connectivity index (χ1v) is 5.53. The largest absolute Gasteiger partial charge is 0.378 e. The van der Waals surface area contributed by atoms with Crippen molar-refractivity contribution in [2.24, 2.45) is 0 Å². The normalized spacial score (nSPS) is 24.2. The minimum absolute atomic E-state index is 0.398. The van der Waals surface area contributed by atoms with Crippen molar-refractivity contribution in [1.29, 1.82) is 0 Å². The van der Waals surface area contributed by atoms with Crippen LogP contribution in [0, 0.1) is 0 Å². The summed E-state index contributed by atoms with van der Waals surface area (Å²) in [6, 6.07) is 4.62. The standard InChI is InChI=1S/C8H10BrNOS/c9-8-2-1-7(12-8)6-5-11-4-3-10-6/h1-2,6,10H,3-5H2. The summed E-state index contributed by atoms with van der Waals surface area (Å²) < 4.78 is 6.56. The highest BCUT2D eigenvalue weighted by Gasteiger charge is 2.16. The van der Waals surface area contributed by atoms with Crippen LogP contribution in [-0.2, 0) is 4.74 Å². The first-order valence-electron chi connectivity index (χ1n) is 3.92. The lowest BCUT2D eigenvalue weighted by atomic mass is 10.2. The molecule has 0 spiro atoms. The molecule has 2 heterocycles. The molecule has 66 valence electrons. The number of ether oxygens (including phenoxy) is 1. The molecule has 0 saturated carbocycles. The molecule has 2 nitrogen and oxygen atoms in total. The van der Waals surface area contributed by atoms with E-state index in [4.69, 9.17) is 4.74 Å². The summed E-state index contributed by atoms with van der Waals surface area (Å²) in [7, 11) is 0. The molecule has 4 heteroatoms. The molecule has 1 atom stereocenters. The van der Waals surface area contributed by atoms with Crippen LogP contribution in [0.25, 0.3) is 0 Å². The van der Waals surface area contributed by atoms with E-state index in [1.165, 1.54) is 8.66 Å². The molecule has 0 aromatic carbocycles. The Labute approximate surface area is 84.1 Å². The van der Waals surface area contributed by atoms with Gasteiger partial charge in [0, 0.05) is 11.4 Å². The second-order valence-corrected chi connectivity index (χ2v) is 5.22. The molecule has 1 aliphatic heterocycles. The zero-order valence-corrected chi connectivity index (χ0v) is 8.95. The smallest absolute Gasteiger partial charge is 0.0702 e. The van der Waals surface area contributed by atoms with Crippen molar-refractivity contribution in [3.05, 3.63) is 20.8 Å². The molecule has 1 saturated heterocycles. The molecule has 0 aliphatic carbocycles. The maximum absolute atomic E-state index is 5.37. The summed E-state index contributed by atoms with van der Waals surface area (Å²) in [6.07, 6.45) is 0. The van der Waals surface area contributed by atoms with Crippen molar-refractivity contribution in [3.63, 3.8) is 0 Å². The Kier molecular flexibility index (Phi) is 2.80. The summed E-state index contributed by atoms with van der Waals surface area (Å²) in [5.41, 5.74) is 0. The highest BCUT2D eigenvalue weighted by Crippen LogP contribution is 2.28. The van der Waals surface area contributed by atoms with Gasteiger partial charge in [0.1, 0.15) is 0 Å². The predicted octanol–water partition coefficient (Wildman–Crippen LogP) is 2.17. The molecule has 12 heavy (non-hydrogen) atoms. The van der Waals surface area contributed by atoms with Crippen LogP contribution in [0.3, 0.4) is 0 Å². The fourth-order valence-corrected chi connectivity index (χ4v) is 2.75. The van der Waals surface area contributed by atoms with Gasteiger partial charge in [0.25, 0.3) is 0 Å². The van der Waals surface area contributed by atoms with Crippen molar-refractivity contribution in [2.75, 3.05) is 19.8 Å². The Balaban J connectivity index is 2.08. The summed E-state index contributed by atoms with van der Waals surface area (Å²) in [5, 5.41) is 3.41. The number of hydrogen-bond donors (Lipinski definition) is 1. The van der Waals surface area contributed by atoms with E-state index in [2.05, 4.69) is 33.4 Å². The predicted molar refractivity (Wildman–Crippen MR) is 53.6 cm³/mol. The zero-order valence-electron chi connectivity index (χ0n) is 6.55. The van der Waals surface area contributed by atoms with Crippen LogP contribution in [0.4, 0.5) is 0 Å². The number of rotatable bonds is 1. The Morgan fingerprint density at radius 3 is 3.08 bits per heavy atom. The van der Waals surface area contributed by atoms with E-state index in [9.17, 15) is 0 Å². The Bertz CT molecular complexity index is 257. The fraction of sp³-hybridized carbons (Fsp3) is 0.500. The van der Waals surface area contributed by atoms with E-state index in [0.717, 1.165) is 19.8 Å². The van der Waals surface area contributed by atoms with Crippen molar-refractivity contribution in [2.45, 2.75) is 6.04 Å². The van der Waals surface area contributed by atoms with Crippen molar-refractivity contribution in [3.8, 4) is 0 Å². The maximum Gasteiger partial charge on any atom is 0.0702 e. The van der Waals surface area contributed by atoms with Gasteiger partial charge in [-0.3, -0.25) is 0 Å². The van der Waals surface area contributed by atoms with Crippen LogP contribution in [0.5, 0.6) is 0 Å². The summed E-state index contributed by atoms with van der Waals surface area (Å²) in [5.74, 6) is 0. The second kappa shape index (κ2) is 3.87. The van der Waals surface area contributed by atoms with Crippen molar-refractivity contribution < 1.29 is 4.74 Å². The monoisotopic (exact) mass is 247 g/mol. The summed E-state index contributed by atoms with van der Waals surface area (Å²) >= 11 is 5.22. The number of nitrogens with one attached hydrogen (secondary N) is 1. The first kappa shape index (κ1) is 8.69. The molecule has 0 amide bonds. The van der Waals surface area contributed by atoms with E-state index in [1.807, 2.05) is 0 Å². The van der Waals surface area contributed by atoms with Gasteiger partial charge in [-0.05, 0) is 28.1 Å². The Morgan fingerprint density at radius 2 is 2.50 bits per heavy atom. The van der Waals surface area contributed by atoms with E-state index in [0.29, 0.717) is 6.04 Å². The van der Waals surface area contributed by atoms with Crippen LogP contribution in [-0.4, -0.2) is 19.8 Å². The van der Waals surface area contributed by atoms with E-state index < -0.39 is 0 Å². The molecule has 0 radical (unpaired) electrons. The lowest BCUT2D eigenvalue weighted by Crippen LogP contribution is -2.33. The zero-order chi connectivity index (χ0) is 8.39. The van der Waals surface area contributed by atoms with Gasteiger partial charge < -0.3 is 10.1 Å². The van der Waals surface area contributed by atoms with Crippen LogP contribution >= 0.6 is 27.3 Å². The summed E-state index contributed by atoms with van der Waals surface area (Å²) in [4.78, 5) is 1.35. The van der Waals surface area contributed by atoms with Gasteiger partial charge in [-0.25, -0.2) is 0 Å². The molecule has 1 aromatic heterocycles. The van der Waals surface area contributed by atoms with Gasteiger partial charge in [0.15, 0.2) is 0 Å². The van der Waals surface area contributed by atoms with Crippen molar-refractivity contribution in [1.82, 2.24) is 5.32 Å². The van der Waals surface area contributed by atoms with Gasteiger partial charge >= 0.3 is 0 Å². The van der Waals surface area contributed by atoms with Gasteiger partial charge in [-0.15, -0.1) is 11.3 Å². The average molecular weight is 248 g/mol. The minimum Gasteiger partial charge on any atom is -0.378 e. The second-order valence-electron chi connectivity index (χ2n) is 2.72. The average Bonchev–Trinajstić information content (AvgIpc) is 2.54. The highest BCUT2D eigenvalue weighted by atomic mass is 79.9. The molecule has 1 fully saturated rings. The number of thiophene rings is 1. The molecule has 2 rings (SSSR count). The van der Waals surface area contributed by atoms with Crippen LogP contribution in [0.15, 0.2) is 15.9 Å². The minimum atomic E-state index is 0.398. The summed E-state index contributed by atoms with van der Waals surface area (Å²) in [6.45, 7) is 2.59. The van der Waals surface area contributed by atoms with E-state index >= 15 is 0 Å². The van der Waals surface area contributed by atoms with Crippen LogP contribution < -0.4 is 5.32 Å². The van der Waals surface area contributed by atoms with E-state index in [1.54, 1.807) is 11.3 Å². The lowest BCUT2D eigenvalue weighted by Gasteiger charge is -2.22. The third-order valence-electron chi connectivity index (χ3n) is 1.86. The van der Waals surface area contributed by atoms with E-state index in [-0.39, 0.29) is 0 Å². The lowest BCUT2D eigenvalue weighted by molar-refractivity contribution is 0.0779. The quantitative estimate of drug-likeness (QED) is 0.822. The molecule has 1 unspecified atom stereocenters. The number of morpholine rings is 1. The Morgan fingerprint density at radius 1 is 1.58 bits per heavy atom. The van der Waals surface area contributed by atoms with Gasteiger partial charge in [-0.1, -0.05) is 0 Å². The maximum atomic E-state index is 5.37. The first-order chi connectivity index (χ1) is 5.86. The van der Waals surface area contributed by atoms with Gasteiger partial charge in [-0.2, -0.15) is 0 Å². The molecular weight excluding hydrogens is 238 g/mol. The van der Waals surface area contributed by atoms with Gasteiger partial charge in [0.05, 0.1) is 23.0 Å². The molecule has 1 aliphatic rings. The molecule has 1 aromatic rings. The van der Waals surface area contributed by atoms with Crippen molar-refractivity contribution >= 4 is 27.3 Å². The highest BCUT2D eigenvalue weighted by molar-refractivity contribution is 9.11.